The van der Waals surface area contributed by atoms with Gasteiger partial charge >= 0.3 is 12.0 Å². The van der Waals surface area contributed by atoms with Crippen LogP contribution in [0, 0.1) is 11.6 Å². The third-order valence-electron chi connectivity index (χ3n) is 3.36. The number of nitrogens with one attached hydrogen (secondary N) is 1. The van der Waals surface area contributed by atoms with Crippen LogP contribution in [0.4, 0.5) is 19.3 Å². The van der Waals surface area contributed by atoms with Crippen LogP contribution >= 0.6 is 0 Å². The summed E-state index contributed by atoms with van der Waals surface area (Å²) in [5.74, 6) is -3.96. The smallest absolute Gasteiger partial charge is 0.337 e. The molecule has 0 saturated carbocycles. The Hall–Kier alpha value is -2.22. The maximum absolute atomic E-state index is 13.2. The van der Waals surface area contributed by atoms with Gasteiger partial charge in [0, 0.05) is 25.2 Å². The van der Waals surface area contributed by atoms with Crippen LogP contribution in [0.25, 0.3) is 0 Å². The van der Waals surface area contributed by atoms with Crippen molar-refractivity contribution < 1.29 is 23.5 Å². The number of carboxylic acid groups (broad SMARTS) is 1. The molecular weight excluding hydrogens is 284 g/mol. The van der Waals surface area contributed by atoms with Crippen molar-refractivity contribution in [3.63, 3.8) is 0 Å². The number of hydrogen-bond donors (Lipinski definition) is 3. The summed E-state index contributed by atoms with van der Waals surface area (Å²) in [5, 5.41) is 11.3. The summed E-state index contributed by atoms with van der Waals surface area (Å²) in [6.45, 7) is 0.859. The zero-order valence-electron chi connectivity index (χ0n) is 11.1. The molecule has 1 heterocycles. The molecule has 1 aliphatic heterocycles. The summed E-state index contributed by atoms with van der Waals surface area (Å²) >= 11 is 0. The summed E-state index contributed by atoms with van der Waals surface area (Å²) in [4.78, 5) is 24.5. The van der Waals surface area contributed by atoms with Crippen LogP contribution in [-0.4, -0.2) is 41.1 Å². The van der Waals surface area contributed by atoms with Crippen LogP contribution in [0.1, 0.15) is 23.2 Å². The van der Waals surface area contributed by atoms with E-state index in [4.69, 9.17) is 10.8 Å². The molecule has 0 aliphatic carbocycles. The zero-order valence-corrected chi connectivity index (χ0v) is 11.1. The number of carboxylic acids is 1. The highest BCUT2D eigenvalue weighted by atomic mass is 19.2. The van der Waals surface area contributed by atoms with Gasteiger partial charge in [0.2, 0.25) is 0 Å². The molecule has 0 atom stereocenters. The SMILES string of the molecule is NC1CCN(C(=O)Nc2cc(F)c(F)cc2C(=O)O)CC1. The summed E-state index contributed by atoms with van der Waals surface area (Å²) in [6.07, 6.45) is 1.27. The average molecular weight is 299 g/mol. The molecule has 2 amide bonds. The normalized spacial score (nSPS) is 15.9. The number of likely N-dealkylation sites (tertiary alicyclic amines) is 1. The highest BCUT2D eigenvalue weighted by Crippen LogP contribution is 2.21. The van der Waals surface area contributed by atoms with Gasteiger partial charge in [-0.3, -0.25) is 0 Å². The van der Waals surface area contributed by atoms with E-state index < -0.39 is 29.2 Å². The van der Waals surface area contributed by atoms with Crippen molar-refractivity contribution in [2.24, 2.45) is 5.73 Å². The van der Waals surface area contributed by atoms with Gasteiger partial charge in [-0.1, -0.05) is 0 Å². The molecule has 8 heteroatoms. The first kappa shape index (κ1) is 15.2. The second-order valence-electron chi connectivity index (χ2n) is 4.87. The van der Waals surface area contributed by atoms with Gasteiger partial charge < -0.3 is 21.1 Å². The zero-order chi connectivity index (χ0) is 15.6. The van der Waals surface area contributed by atoms with Crippen molar-refractivity contribution in [1.82, 2.24) is 4.90 Å². The molecule has 1 aliphatic rings. The lowest BCUT2D eigenvalue weighted by Gasteiger charge is -2.30. The molecule has 1 aromatic carbocycles. The third kappa shape index (κ3) is 3.46. The lowest BCUT2D eigenvalue weighted by atomic mass is 10.1. The van der Waals surface area contributed by atoms with Crippen LogP contribution in [0.5, 0.6) is 0 Å². The topological polar surface area (TPSA) is 95.7 Å². The predicted molar refractivity (Wildman–Crippen MR) is 71.1 cm³/mol. The van der Waals surface area contributed by atoms with Crippen LogP contribution in [0.3, 0.4) is 0 Å². The number of hydrogen-bond acceptors (Lipinski definition) is 3. The number of benzene rings is 1. The summed E-state index contributed by atoms with van der Waals surface area (Å²) in [7, 11) is 0. The standard InChI is InChI=1S/C13H15F2N3O3/c14-9-5-8(12(19)20)11(6-10(9)15)17-13(21)18-3-1-7(16)2-4-18/h5-7H,1-4,16H2,(H,17,21)(H,19,20). The number of amides is 2. The number of anilines is 1. The van der Waals surface area contributed by atoms with Crippen LogP contribution in [-0.2, 0) is 0 Å². The first-order valence-corrected chi connectivity index (χ1v) is 6.42. The minimum atomic E-state index is -1.45. The molecule has 21 heavy (non-hydrogen) atoms. The number of rotatable bonds is 2. The predicted octanol–water partition coefficient (Wildman–Crippen LogP) is 1.62. The first-order chi connectivity index (χ1) is 9.88. The van der Waals surface area contributed by atoms with Gasteiger partial charge in [0.1, 0.15) is 0 Å². The molecule has 1 fully saturated rings. The highest BCUT2D eigenvalue weighted by molar-refractivity contribution is 6.00. The largest absolute Gasteiger partial charge is 0.478 e. The van der Waals surface area contributed by atoms with Gasteiger partial charge in [-0.25, -0.2) is 18.4 Å². The molecule has 1 saturated heterocycles. The number of nitrogens with zero attached hydrogens (tertiary/aromatic N) is 1. The van der Waals surface area contributed by atoms with Gasteiger partial charge in [0.15, 0.2) is 11.6 Å². The van der Waals surface area contributed by atoms with Crippen LogP contribution in [0.15, 0.2) is 12.1 Å². The fourth-order valence-electron chi connectivity index (χ4n) is 2.12. The van der Waals surface area contributed by atoms with Gasteiger partial charge in [-0.15, -0.1) is 0 Å². The fourth-order valence-corrected chi connectivity index (χ4v) is 2.12. The second-order valence-corrected chi connectivity index (χ2v) is 4.87. The summed E-state index contributed by atoms with van der Waals surface area (Å²) in [5.41, 5.74) is 4.94. The van der Waals surface area contributed by atoms with E-state index in [-0.39, 0.29) is 11.7 Å². The molecule has 114 valence electrons. The summed E-state index contributed by atoms with van der Waals surface area (Å²) in [6, 6.07) is 0.675. The molecule has 0 unspecified atom stereocenters. The maximum Gasteiger partial charge on any atom is 0.337 e. The molecule has 0 aromatic heterocycles. The molecule has 0 bridgehead atoms. The molecular formula is C13H15F2N3O3. The monoisotopic (exact) mass is 299 g/mol. The van der Waals surface area contributed by atoms with Gasteiger partial charge in [-0.2, -0.15) is 0 Å². The van der Waals surface area contributed by atoms with Crippen molar-refractivity contribution >= 4 is 17.7 Å². The Morgan fingerprint density at radius 1 is 1.24 bits per heavy atom. The first-order valence-electron chi connectivity index (χ1n) is 6.42. The second kappa shape index (κ2) is 6.04. The minimum Gasteiger partial charge on any atom is -0.478 e. The number of nitrogens with two attached hydrogens (primary N) is 1. The van der Waals surface area contributed by atoms with Gasteiger partial charge in [0.25, 0.3) is 0 Å². The number of urea groups is 1. The van der Waals surface area contributed by atoms with E-state index in [1.807, 2.05) is 0 Å². The van der Waals surface area contributed by atoms with Crippen molar-refractivity contribution in [1.29, 1.82) is 0 Å². The van der Waals surface area contributed by atoms with E-state index in [1.54, 1.807) is 0 Å². The number of halogens is 2. The van der Waals surface area contributed by atoms with Crippen molar-refractivity contribution in [2.75, 3.05) is 18.4 Å². The Kier molecular flexibility index (Phi) is 4.37. The van der Waals surface area contributed by atoms with Gasteiger partial charge in [0.05, 0.1) is 11.3 Å². The minimum absolute atomic E-state index is 0.0342. The Morgan fingerprint density at radius 2 is 1.81 bits per heavy atom. The Bertz CT molecular complexity index is 572. The molecule has 6 nitrogen and oxygen atoms in total. The quantitative estimate of drug-likeness (QED) is 0.773. The maximum atomic E-state index is 13.2. The summed E-state index contributed by atoms with van der Waals surface area (Å²) < 4.78 is 26.3. The number of aromatic carboxylic acids is 1. The van der Waals surface area contributed by atoms with Crippen LogP contribution < -0.4 is 11.1 Å². The number of piperidine rings is 1. The highest BCUT2D eigenvalue weighted by Gasteiger charge is 2.23. The van der Waals surface area contributed by atoms with E-state index in [9.17, 15) is 18.4 Å². The lowest BCUT2D eigenvalue weighted by molar-refractivity contribution is 0.0697. The fraction of sp³-hybridized carbons (Fsp3) is 0.385. The molecule has 2 rings (SSSR count). The lowest BCUT2D eigenvalue weighted by Crippen LogP contribution is -2.44. The number of carbonyl (C=O) groups is 2. The molecule has 0 radical (unpaired) electrons. The average Bonchev–Trinajstić information content (AvgIpc) is 2.43. The van der Waals surface area contributed by atoms with Crippen molar-refractivity contribution in [3.8, 4) is 0 Å². The van der Waals surface area contributed by atoms with E-state index in [2.05, 4.69) is 5.32 Å². The Morgan fingerprint density at radius 3 is 2.38 bits per heavy atom. The van der Waals surface area contributed by atoms with Crippen molar-refractivity contribution in [3.05, 3.63) is 29.3 Å². The van der Waals surface area contributed by atoms with Crippen molar-refractivity contribution in [2.45, 2.75) is 18.9 Å². The van der Waals surface area contributed by atoms with Crippen LogP contribution in [0.2, 0.25) is 0 Å². The van der Waals surface area contributed by atoms with E-state index >= 15 is 0 Å². The molecule has 0 spiro atoms. The molecule has 4 N–H and O–H groups in total. The van der Waals surface area contributed by atoms with E-state index in [1.165, 1.54) is 4.90 Å². The molecule has 1 aromatic rings. The number of carbonyl (C=O) groups excluding carboxylic acids is 1. The Balaban J connectivity index is 2.17. The van der Waals surface area contributed by atoms with E-state index in [0.29, 0.717) is 38.1 Å². The Labute approximate surface area is 119 Å². The van der Waals surface area contributed by atoms with Gasteiger partial charge in [-0.05, 0) is 18.9 Å². The van der Waals surface area contributed by atoms with E-state index in [0.717, 1.165) is 0 Å². The third-order valence-corrected chi connectivity index (χ3v) is 3.36.